The Balaban J connectivity index is 3.05. The Morgan fingerprint density at radius 1 is 1.14 bits per heavy atom. The highest BCUT2D eigenvalue weighted by atomic mass is 16.6. The van der Waals surface area contributed by atoms with Crippen molar-refractivity contribution in [2.75, 3.05) is 13.2 Å². The molecule has 0 unspecified atom stereocenters. The topological polar surface area (TPSA) is 119 Å². The molecule has 1 saturated heterocycles. The number of carbonyl (C=O) groups excluding carboxylic acids is 3. The predicted octanol–water partition coefficient (Wildman–Crippen LogP) is -0.225. The first kappa shape index (κ1) is 16.7. The van der Waals surface area contributed by atoms with Crippen molar-refractivity contribution >= 4 is 24.0 Å². The lowest BCUT2D eigenvalue weighted by atomic mass is 10.1. The largest absolute Gasteiger partial charge is 0.480 e. The van der Waals surface area contributed by atoms with E-state index in [1.54, 1.807) is 6.92 Å². The fraction of sp³-hybridized carbons (Fsp3) is 0.667. The Bertz CT molecular complexity index is 449. The standard InChI is InChI=1S/C12H17NO8/c1-4-19-12(18)13-5-8(20-6(2)14)10(21-7(3)15)9(13)11(16)17/h8-10H,4-5H2,1-3H3,(H,16,17)/t8-,9-,10-/m1/s1. The summed E-state index contributed by atoms with van der Waals surface area (Å²) >= 11 is 0. The monoisotopic (exact) mass is 303 g/mol. The van der Waals surface area contributed by atoms with E-state index in [0.29, 0.717) is 0 Å². The Kier molecular flexibility index (Phi) is 5.51. The number of carboxylic acids is 1. The van der Waals surface area contributed by atoms with Crippen LogP contribution in [0.2, 0.25) is 0 Å². The third-order valence-corrected chi connectivity index (χ3v) is 2.76. The van der Waals surface area contributed by atoms with Gasteiger partial charge in [0.25, 0.3) is 0 Å². The number of esters is 2. The normalized spacial score (nSPS) is 24.3. The van der Waals surface area contributed by atoms with E-state index in [4.69, 9.17) is 14.2 Å². The number of hydrogen-bond acceptors (Lipinski definition) is 7. The molecule has 0 bridgehead atoms. The number of ether oxygens (including phenoxy) is 3. The van der Waals surface area contributed by atoms with E-state index in [-0.39, 0.29) is 13.2 Å². The van der Waals surface area contributed by atoms with Crippen LogP contribution in [-0.4, -0.2) is 65.4 Å². The average molecular weight is 303 g/mol. The van der Waals surface area contributed by atoms with Crippen molar-refractivity contribution in [3.05, 3.63) is 0 Å². The number of carboxylic acid groups (broad SMARTS) is 1. The van der Waals surface area contributed by atoms with Crippen molar-refractivity contribution in [3.8, 4) is 0 Å². The van der Waals surface area contributed by atoms with Crippen LogP contribution in [0.15, 0.2) is 0 Å². The van der Waals surface area contributed by atoms with Crippen molar-refractivity contribution in [1.29, 1.82) is 0 Å². The molecule has 0 aromatic heterocycles. The number of hydrogen-bond donors (Lipinski definition) is 1. The van der Waals surface area contributed by atoms with E-state index in [2.05, 4.69) is 0 Å². The molecule has 1 rings (SSSR count). The second-order valence-corrected chi connectivity index (χ2v) is 4.36. The quantitative estimate of drug-likeness (QED) is 0.559. The maximum absolute atomic E-state index is 11.8. The minimum atomic E-state index is -1.47. The van der Waals surface area contributed by atoms with Gasteiger partial charge < -0.3 is 19.3 Å². The third kappa shape index (κ3) is 4.07. The van der Waals surface area contributed by atoms with Crippen molar-refractivity contribution in [3.63, 3.8) is 0 Å². The van der Waals surface area contributed by atoms with Crippen LogP contribution in [0, 0.1) is 0 Å². The van der Waals surface area contributed by atoms with Crippen molar-refractivity contribution in [2.45, 2.75) is 39.0 Å². The molecule has 1 aliphatic heterocycles. The van der Waals surface area contributed by atoms with Gasteiger partial charge in [-0.3, -0.25) is 14.5 Å². The molecule has 1 N–H and O–H groups in total. The zero-order valence-corrected chi connectivity index (χ0v) is 11.9. The molecule has 118 valence electrons. The van der Waals surface area contributed by atoms with E-state index in [0.717, 1.165) is 18.7 Å². The first-order chi connectivity index (χ1) is 9.77. The highest BCUT2D eigenvalue weighted by Gasteiger charge is 2.52. The van der Waals surface area contributed by atoms with Crippen LogP contribution < -0.4 is 0 Å². The molecule has 9 heteroatoms. The summed E-state index contributed by atoms with van der Waals surface area (Å²) in [6.07, 6.45) is -3.22. The molecule has 1 fully saturated rings. The van der Waals surface area contributed by atoms with Gasteiger partial charge >= 0.3 is 24.0 Å². The number of aliphatic carboxylic acids is 1. The van der Waals surface area contributed by atoms with Gasteiger partial charge in [-0.2, -0.15) is 0 Å². The summed E-state index contributed by atoms with van der Waals surface area (Å²) in [6, 6.07) is -1.47. The second-order valence-electron chi connectivity index (χ2n) is 4.36. The Morgan fingerprint density at radius 3 is 2.14 bits per heavy atom. The van der Waals surface area contributed by atoms with Crippen LogP contribution in [0.5, 0.6) is 0 Å². The summed E-state index contributed by atoms with van der Waals surface area (Å²) < 4.78 is 14.6. The summed E-state index contributed by atoms with van der Waals surface area (Å²) in [6.45, 7) is 3.62. The summed E-state index contributed by atoms with van der Waals surface area (Å²) in [5.74, 6) is -2.80. The van der Waals surface area contributed by atoms with E-state index < -0.39 is 42.3 Å². The zero-order valence-electron chi connectivity index (χ0n) is 11.9. The Hall–Kier alpha value is -2.32. The molecular weight excluding hydrogens is 286 g/mol. The van der Waals surface area contributed by atoms with Crippen molar-refractivity contribution in [2.24, 2.45) is 0 Å². The highest BCUT2D eigenvalue weighted by molar-refractivity contribution is 5.82. The molecular formula is C12H17NO8. The van der Waals surface area contributed by atoms with E-state index in [1.807, 2.05) is 0 Å². The fourth-order valence-corrected chi connectivity index (χ4v) is 2.11. The first-order valence-corrected chi connectivity index (χ1v) is 6.28. The maximum Gasteiger partial charge on any atom is 0.410 e. The average Bonchev–Trinajstić information content (AvgIpc) is 2.67. The van der Waals surface area contributed by atoms with Gasteiger partial charge in [-0.25, -0.2) is 9.59 Å². The number of rotatable bonds is 4. The van der Waals surface area contributed by atoms with Crippen molar-refractivity contribution in [1.82, 2.24) is 4.90 Å². The van der Waals surface area contributed by atoms with Gasteiger partial charge in [-0.05, 0) is 6.92 Å². The summed E-state index contributed by atoms with van der Waals surface area (Å²) in [4.78, 5) is 46.2. The minimum Gasteiger partial charge on any atom is -0.480 e. The SMILES string of the molecule is CCOC(=O)N1C[C@@H](OC(C)=O)[C@@H](OC(C)=O)[C@@H]1C(=O)O. The first-order valence-electron chi connectivity index (χ1n) is 6.28. The number of likely N-dealkylation sites (tertiary alicyclic amines) is 1. The molecule has 9 nitrogen and oxygen atoms in total. The Labute approximate surface area is 120 Å². The molecule has 0 spiro atoms. The Morgan fingerprint density at radius 2 is 1.71 bits per heavy atom. The van der Waals surface area contributed by atoms with Crippen LogP contribution in [0.3, 0.4) is 0 Å². The highest BCUT2D eigenvalue weighted by Crippen LogP contribution is 2.25. The third-order valence-electron chi connectivity index (χ3n) is 2.76. The smallest absolute Gasteiger partial charge is 0.410 e. The molecule has 1 heterocycles. The van der Waals surface area contributed by atoms with E-state index in [9.17, 15) is 24.3 Å². The maximum atomic E-state index is 11.8. The molecule has 0 aromatic rings. The lowest BCUT2D eigenvalue weighted by Gasteiger charge is -2.23. The lowest BCUT2D eigenvalue weighted by Crippen LogP contribution is -2.47. The van der Waals surface area contributed by atoms with Crippen LogP contribution in [0.4, 0.5) is 4.79 Å². The summed E-state index contributed by atoms with van der Waals surface area (Å²) in [5, 5.41) is 9.25. The molecule has 0 saturated carbocycles. The molecule has 1 amide bonds. The van der Waals surface area contributed by atoms with Crippen molar-refractivity contribution < 1.29 is 38.5 Å². The molecule has 0 radical (unpaired) electrons. The number of amides is 1. The van der Waals surface area contributed by atoms with Crippen LogP contribution >= 0.6 is 0 Å². The molecule has 1 aliphatic rings. The molecule has 3 atom stereocenters. The summed E-state index contributed by atoms with van der Waals surface area (Å²) in [7, 11) is 0. The van der Waals surface area contributed by atoms with Gasteiger partial charge in [0.2, 0.25) is 0 Å². The number of nitrogens with zero attached hydrogens (tertiary/aromatic N) is 1. The van der Waals surface area contributed by atoms with Gasteiger partial charge in [0, 0.05) is 13.8 Å². The van der Waals surface area contributed by atoms with Gasteiger partial charge in [-0.15, -0.1) is 0 Å². The predicted molar refractivity (Wildman–Crippen MR) is 66.3 cm³/mol. The minimum absolute atomic E-state index is 0.0537. The van der Waals surface area contributed by atoms with E-state index >= 15 is 0 Å². The zero-order chi connectivity index (χ0) is 16.2. The molecule has 21 heavy (non-hydrogen) atoms. The second kappa shape index (κ2) is 6.91. The van der Waals surface area contributed by atoms with Crippen LogP contribution in [0.25, 0.3) is 0 Å². The van der Waals surface area contributed by atoms with Gasteiger partial charge in [0.15, 0.2) is 18.2 Å². The van der Waals surface area contributed by atoms with Gasteiger partial charge in [-0.1, -0.05) is 0 Å². The summed E-state index contributed by atoms with van der Waals surface area (Å²) in [5.41, 5.74) is 0. The molecule has 0 aliphatic carbocycles. The van der Waals surface area contributed by atoms with Gasteiger partial charge in [0.1, 0.15) is 0 Å². The molecule has 0 aromatic carbocycles. The van der Waals surface area contributed by atoms with Crippen LogP contribution in [0.1, 0.15) is 20.8 Å². The van der Waals surface area contributed by atoms with Gasteiger partial charge in [0.05, 0.1) is 13.2 Å². The fourth-order valence-electron chi connectivity index (χ4n) is 2.11. The lowest BCUT2D eigenvalue weighted by molar-refractivity contribution is -0.166. The number of carbonyl (C=O) groups is 4. The van der Waals surface area contributed by atoms with Crippen LogP contribution in [-0.2, 0) is 28.6 Å². The van der Waals surface area contributed by atoms with E-state index in [1.165, 1.54) is 0 Å².